The van der Waals surface area contributed by atoms with Crippen molar-refractivity contribution in [2.24, 2.45) is 0 Å². The largest absolute Gasteiger partial charge is 0.480 e. The zero-order valence-electron chi connectivity index (χ0n) is 14.8. The predicted molar refractivity (Wildman–Crippen MR) is 90.2 cm³/mol. The fourth-order valence-corrected chi connectivity index (χ4v) is 3.72. The van der Waals surface area contributed by atoms with Crippen molar-refractivity contribution in [1.29, 1.82) is 0 Å². The van der Waals surface area contributed by atoms with Crippen LogP contribution in [0.15, 0.2) is 0 Å². The van der Waals surface area contributed by atoms with Gasteiger partial charge < -0.3 is 34.1 Å². The van der Waals surface area contributed by atoms with Gasteiger partial charge in [-0.25, -0.2) is 0 Å². The molecule has 8 nitrogen and oxygen atoms in total. The lowest BCUT2D eigenvalue weighted by atomic mass is 10.0. The van der Waals surface area contributed by atoms with Gasteiger partial charge in [0.25, 0.3) is 0 Å². The standard InChI is InChI=1S/C16H25NO7S/c1-15(2)20-7-9(22-15)12-14-13(23-16(3,4)24-14)8(21-12)5-10(25)17-6-11(18)19/h8-9,12-14H,5-7H2,1-4H3,(H,17,25)(H,18,19)/t8-,9+,12+,13+,14-/m0/s1. The van der Waals surface area contributed by atoms with Crippen LogP contribution in [-0.4, -0.2) is 71.3 Å². The number of fused-ring (bicyclic) bond motifs is 1. The SMILES string of the molecule is CC1(C)O[C@@H]2[C@H](O1)[C@H](CC(=S)NCC(=O)O)O[C@@H]2[C@H]1COC(C)(C)O1. The van der Waals surface area contributed by atoms with Crippen molar-refractivity contribution in [1.82, 2.24) is 5.32 Å². The molecular formula is C16H25NO7S. The summed E-state index contributed by atoms with van der Waals surface area (Å²) in [5, 5.41) is 11.5. The summed E-state index contributed by atoms with van der Waals surface area (Å²) in [4.78, 5) is 11.1. The average molecular weight is 375 g/mol. The first-order valence-electron chi connectivity index (χ1n) is 8.38. The molecular weight excluding hydrogens is 350 g/mol. The Labute approximate surface area is 152 Å². The number of nitrogens with one attached hydrogen (secondary N) is 1. The molecule has 0 aliphatic carbocycles. The van der Waals surface area contributed by atoms with E-state index in [1.165, 1.54) is 0 Å². The molecule has 0 spiro atoms. The van der Waals surface area contributed by atoms with Crippen LogP contribution in [0.25, 0.3) is 0 Å². The van der Waals surface area contributed by atoms with E-state index in [0.717, 1.165) is 0 Å². The van der Waals surface area contributed by atoms with E-state index in [4.69, 9.17) is 41.0 Å². The Morgan fingerprint density at radius 1 is 1.12 bits per heavy atom. The van der Waals surface area contributed by atoms with Crippen molar-refractivity contribution in [3.05, 3.63) is 0 Å². The molecule has 0 radical (unpaired) electrons. The van der Waals surface area contributed by atoms with Gasteiger partial charge in [0.2, 0.25) is 0 Å². The van der Waals surface area contributed by atoms with Crippen LogP contribution in [0.1, 0.15) is 34.1 Å². The smallest absolute Gasteiger partial charge is 0.322 e. The zero-order valence-corrected chi connectivity index (χ0v) is 15.6. The van der Waals surface area contributed by atoms with E-state index in [-0.39, 0.29) is 37.1 Å². The average Bonchev–Trinajstić information content (AvgIpc) is 3.08. The lowest BCUT2D eigenvalue weighted by Gasteiger charge is -2.27. The third-order valence-electron chi connectivity index (χ3n) is 4.41. The molecule has 0 unspecified atom stereocenters. The molecule has 3 fully saturated rings. The number of ether oxygens (including phenoxy) is 5. The van der Waals surface area contributed by atoms with Crippen molar-refractivity contribution in [3.8, 4) is 0 Å². The number of thiocarbonyl (C=S) groups is 1. The lowest BCUT2D eigenvalue weighted by Crippen LogP contribution is -2.40. The number of aliphatic carboxylic acids is 1. The predicted octanol–water partition coefficient (Wildman–Crippen LogP) is 0.817. The maximum Gasteiger partial charge on any atom is 0.322 e. The van der Waals surface area contributed by atoms with Gasteiger partial charge in [-0.1, -0.05) is 12.2 Å². The normalized spacial score (nSPS) is 38.5. The number of hydrogen-bond acceptors (Lipinski definition) is 7. The number of carboxylic acids is 1. The van der Waals surface area contributed by atoms with Crippen LogP contribution in [0.2, 0.25) is 0 Å². The molecule has 9 heteroatoms. The van der Waals surface area contributed by atoms with E-state index in [1.54, 1.807) is 0 Å². The highest BCUT2D eigenvalue weighted by Gasteiger charge is 2.58. The number of carboxylic acid groups (broad SMARTS) is 1. The van der Waals surface area contributed by atoms with Crippen LogP contribution < -0.4 is 5.32 Å². The summed E-state index contributed by atoms with van der Waals surface area (Å²) in [5.41, 5.74) is 0. The van der Waals surface area contributed by atoms with E-state index >= 15 is 0 Å². The second kappa shape index (κ2) is 6.71. The molecule has 0 bridgehead atoms. The molecule has 3 aliphatic heterocycles. The van der Waals surface area contributed by atoms with Crippen molar-refractivity contribution in [3.63, 3.8) is 0 Å². The molecule has 0 amide bonds. The van der Waals surface area contributed by atoms with E-state index in [0.29, 0.717) is 18.0 Å². The Morgan fingerprint density at radius 3 is 2.40 bits per heavy atom. The molecule has 142 valence electrons. The Kier molecular flexibility index (Phi) is 5.08. The zero-order chi connectivity index (χ0) is 18.4. The quantitative estimate of drug-likeness (QED) is 0.677. The highest BCUT2D eigenvalue weighted by Crippen LogP contribution is 2.43. The summed E-state index contributed by atoms with van der Waals surface area (Å²) in [7, 11) is 0. The third-order valence-corrected chi connectivity index (χ3v) is 4.72. The van der Waals surface area contributed by atoms with Crippen LogP contribution >= 0.6 is 12.2 Å². The molecule has 25 heavy (non-hydrogen) atoms. The minimum Gasteiger partial charge on any atom is -0.480 e. The van der Waals surface area contributed by atoms with Crippen molar-refractivity contribution >= 4 is 23.2 Å². The molecule has 0 aromatic carbocycles. The van der Waals surface area contributed by atoms with Gasteiger partial charge in [0.1, 0.15) is 31.0 Å². The third kappa shape index (κ3) is 4.29. The fraction of sp³-hybridized carbons (Fsp3) is 0.875. The maximum absolute atomic E-state index is 10.7. The van der Waals surface area contributed by atoms with Gasteiger partial charge in [-0.05, 0) is 27.7 Å². The first-order chi connectivity index (χ1) is 11.6. The van der Waals surface area contributed by atoms with Crippen LogP contribution in [-0.2, 0) is 28.5 Å². The van der Waals surface area contributed by atoms with Gasteiger partial charge in [0.05, 0.1) is 17.7 Å². The van der Waals surface area contributed by atoms with Crippen molar-refractivity contribution in [2.75, 3.05) is 13.2 Å². The second-order valence-electron chi connectivity index (χ2n) is 7.45. The first kappa shape index (κ1) is 18.9. The highest BCUT2D eigenvalue weighted by molar-refractivity contribution is 7.80. The Balaban J connectivity index is 1.68. The molecule has 3 rings (SSSR count). The molecule has 0 aromatic rings. The van der Waals surface area contributed by atoms with Gasteiger partial charge in [-0.3, -0.25) is 4.79 Å². The Hall–Kier alpha value is -0.840. The van der Waals surface area contributed by atoms with E-state index in [2.05, 4.69) is 5.32 Å². The number of hydrogen-bond donors (Lipinski definition) is 2. The van der Waals surface area contributed by atoms with Gasteiger partial charge >= 0.3 is 5.97 Å². The Morgan fingerprint density at radius 2 is 1.80 bits per heavy atom. The molecule has 5 atom stereocenters. The summed E-state index contributed by atoms with van der Waals surface area (Å²) in [6.45, 7) is 7.63. The number of rotatable bonds is 5. The maximum atomic E-state index is 10.7. The monoisotopic (exact) mass is 375 g/mol. The van der Waals surface area contributed by atoms with Crippen LogP contribution in [0.3, 0.4) is 0 Å². The van der Waals surface area contributed by atoms with Gasteiger partial charge in [0, 0.05) is 6.42 Å². The molecule has 3 aliphatic rings. The lowest BCUT2D eigenvalue weighted by molar-refractivity contribution is -0.205. The van der Waals surface area contributed by atoms with E-state index < -0.39 is 17.5 Å². The van der Waals surface area contributed by atoms with Crippen LogP contribution in [0.5, 0.6) is 0 Å². The summed E-state index contributed by atoms with van der Waals surface area (Å²) < 4.78 is 29.8. The van der Waals surface area contributed by atoms with E-state index in [1.807, 2.05) is 27.7 Å². The fourth-order valence-electron chi connectivity index (χ4n) is 3.49. The minimum absolute atomic E-state index is 0.223. The second-order valence-corrected chi connectivity index (χ2v) is 7.94. The first-order valence-corrected chi connectivity index (χ1v) is 8.78. The highest BCUT2D eigenvalue weighted by atomic mass is 32.1. The van der Waals surface area contributed by atoms with Gasteiger partial charge in [-0.15, -0.1) is 0 Å². The van der Waals surface area contributed by atoms with Gasteiger partial charge in [0.15, 0.2) is 11.6 Å². The summed E-state index contributed by atoms with van der Waals surface area (Å²) in [6, 6.07) is 0. The molecule has 2 N–H and O–H groups in total. The molecule has 3 saturated heterocycles. The van der Waals surface area contributed by atoms with E-state index in [9.17, 15) is 4.79 Å². The topological polar surface area (TPSA) is 95.5 Å². The minimum atomic E-state index is -0.967. The number of carbonyl (C=O) groups is 1. The summed E-state index contributed by atoms with van der Waals surface area (Å²) in [6.07, 6.45) is -1.15. The molecule has 0 aromatic heterocycles. The summed E-state index contributed by atoms with van der Waals surface area (Å²) >= 11 is 5.23. The van der Waals surface area contributed by atoms with Crippen LogP contribution in [0.4, 0.5) is 0 Å². The van der Waals surface area contributed by atoms with Crippen molar-refractivity contribution < 1.29 is 33.6 Å². The Bertz CT molecular complexity index is 553. The van der Waals surface area contributed by atoms with Gasteiger partial charge in [-0.2, -0.15) is 0 Å². The summed E-state index contributed by atoms with van der Waals surface area (Å²) in [5.74, 6) is -2.35. The molecule has 3 heterocycles. The molecule has 0 saturated carbocycles. The van der Waals surface area contributed by atoms with Crippen molar-refractivity contribution in [2.45, 2.75) is 76.2 Å². The van der Waals surface area contributed by atoms with Crippen LogP contribution in [0, 0.1) is 0 Å².